The van der Waals surface area contributed by atoms with E-state index in [1.54, 1.807) is 14.2 Å². The number of ether oxygens (including phenoxy) is 2. The predicted octanol–water partition coefficient (Wildman–Crippen LogP) is 4.34. The Hall–Kier alpha value is -1.75. The first kappa shape index (κ1) is 21.5. The summed E-state index contributed by atoms with van der Waals surface area (Å²) in [5.41, 5.74) is 1.81. The van der Waals surface area contributed by atoms with Crippen LogP contribution < -0.4 is 9.47 Å². The minimum atomic E-state index is 0.180. The smallest absolute Gasteiger partial charge is 0.226 e. The van der Waals surface area contributed by atoms with Gasteiger partial charge in [0.2, 0.25) is 5.91 Å². The Balaban J connectivity index is 1.36. The van der Waals surface area contributed by atoms with E-state index in [-0.39, 0.29) is 5.92 Å². The number of rotatable bonds is 5. The van der Waals surface area contributed by atoms with Crippen molar-refractivity contribution in [3.8, 4) is 11.5 Å². The second-order valence-corrected chi connectivity index (χ2v) is 10.9. The van der Waals surface area contributed by atoms with Crippen molar-refractivity contribution in [3.05, 3.63) is 23.8 Å². The van der Waals surface area contributed by atoms with Crippen molar-refractivity contribution in [1.82, 2.24) is 9.80 Å². The number of methoxy groups -OCH3 is 2. The van der Waals surface area contributed by atoms with Crippen molar-refractivity contribution in [2.24, 2.45) is 16.7 Å². The Morgan fingerprint density at radius 2 is 1.83 bits per heavy atom. The molecule has 3 fully saturated rings. The molecule has 30 heavy (non-hydrogen) atoms. The monoisotopic (exact) mass is 414 g/mol. The molecule has 2 atom stereocenters. The average molecular weight is 415 g/mol. The summed E-state index contributed by atoms with van der Waals surface area (Å²) in [5.74, 6) is 2.35. The zero-order valence-corrected chi connectivity index (χ0v) is 19.4. The quantitative estimate of drug-likeness (QED) is 0.719. The van der Waals surface area contributed by atoms with Crippen LogP contribution in [0.25, 0.3) is 0 Å². The zero-order valence-electron chi connectivity index (χ0n) is 19.4. The van der Waals surface area contributed by atoms with Gasteiger partial charge in [0.15, 0.2) is 0 Å². The number of amides is 1. The van der Waals surface area contributed by atoms with Crippen molar-refractivity contribution < 1.29 is 14.3 Å². The first-order chi connectivity index (χ1) is 14.2. The van der Waals surface area contributed by atoms with E-state index < -0.39 is 0 Å². The van der Waals surface area contributed by atoms with Crippen LogP contribution in [0, 0.1) is 16.7 Å². The first-order valence-corrected chi connectivity index (χ1v) is 11.5. The van der Waals surface area contributed by atoms with Crippen LogP contribution in [0.15, 0.2) is 18.2 Å². The molecule has 1 amide bonds. The van der Waals surface area contributed by atoms with Crippen molar-refractivity contribution in [3.63, 3.8) is 0 Å². The van der Waals surface area contributed by atoms with Crippen LogP contribution in [0.2, 0.25) is 0 Å². The topological polar surface area (TPSA) is 42.0 Å². The summed E-state index contributed by atoms with van der Waals surface area (Å²) in [7, 11) is 3.40. The third-order valence-electron chi connectivity index (χ3n) is 7.52. The highest BCUT2D eigenvalue weighted by Crippen LogP contribution is 2.52. The summed E-state index contributed by atoms with van der Waals surface area (Å²) in [6.45, 7) is 10.8. The minimum absolute atomic E-state index is 0.180. The van der Waals surface area contributed by atoms with E-state index in [0.717, 1.165) is 62.5 Å². The molecule has 1 saturated carbocycles. The van der Waals surface area contributed by atoms with Crippen molar-refractivity contribution >= 4 is 5.91 Å². The summed E-state index contributed by atoms with van der Waals surface area (Å²) in [5, 5.41) is 0. The van der Waals surface area contributed by atoms with Crippen LogP contribution in [0.4, 0.5) is 0 Å². The van der Waals surface area contributed by atoms with Crippen molar-refractivity contribution in [2.75, 3.05) is 33.9 Å². The number of benzene rings is 1. The molecular formula is C25H38N2O3. The molecule has 5 nitrogen and oxygen atoms in total. The fourth-order valence-electron chi connectivity index (χ4n) is 6.54. The largest absolute Gasteiger partial charge is 0.497 e. The molecule has 166 valence electrons. The molecule has 4 rings (SSSR count). The molecule has 0 aromatic heterocycles. The Labute approximate surface area is 181 Å². The molecule has 2 heterocycles. The van der Waals surface area contributed by atoms with E-state index in [1.807, 2.05) is 12.1 Å². The lowest BCUT2D eigenvalue weighted by atomic mass is 9.65. The van der Waals surface area contributed by atoms with Gasteiger partial charge in [-0.1, -0.05) is 20.8 Å². The maximum absolute atomic E-state index is 13.4. The molecular weight excluding hydrogens is 376 g/mol. The molecule has 1 aromatic carbocycles. The molecule has 5 heteroatoms. The maximum atomic E-state index is 13.4. The van der Waals surface area contributed by atoms with Crippen LogP contribution >= 0.6 is 0 Å². The van der Waals surface area contributed by atoms with E-state index in [2.05, 4.69) is 36.6 Å². The lowest BCUT2D eigenvalue weighted by Crippen LogP contribution is -2.44. The summed E-state index contributed by atoms with van der Waals surface area (Å²) in [4.78, 5) is 18.1. The fourth-order valence-corrected chi connectivity index (χ4v) is 6.54. The number of hydrogen-bond acceptors (Lipinski definition) is 4. The molecule has 2 bridgehead atoms. The second-order valence-electron chi connectivity index (χ2n) is 10.9. The van der Waals surface area contributed by atoms with Gasteiger partial charge in [-0.05, 0) is 74.2 Å². The Bertz CT molecular complexity index is 785. The molecule has 3 aliphatic rings. The third-order valence-corrected chi connectivity index (χ3v) is 7.52. The maximum Gasteiger partial charge on any atom is 0.226 e. The lowest BCUT2D eigenvalue weighted by molar-refractivity contribution is -0.138. The van der Waals surface area contributed by atoms with Crippen LogP contribution in [0.5, 0.6) is 11.5 Å². The van der Waals surface area contributed by atoms with Crippen LogP contribution in [-0.2, 0) is 11.3 Å². The van der Waals surface area contributed by atoms with Gasteiger partial charge in [0.25, 0.3) is 0 Å². The van der Waals surface area contributed by atoms with E-state index >= 15 is 0 Å². The van der Waals surface area contributed by atoms with E-state index in [1.165, 1.54) is 12.8 Å². The summed E-state index contributed by atoms with van der Waals surface area (Å²) < 4.78 is 10.9. The summed E-state index contributed by atoms with van der Waals surface area (Å²) in [6.07, 6.45) is 5.49. The van der Waals surface area contributed by atoms with Gasteiger partial charge in [-0.2, -0.15) is 0 Å². The molecule has 0 N–H and O–H groups in total. The van der Waals surface area contributed by atoms with E-state index in [4.69, 9.17) is 9.47 Å². The van der Waals surface area contributed by atoms with Crippen molar-refractivity contribution in [1.29, 1.82) is 0 Å². The first-order valence-electron chi connectivity index (χ1n) is 11.5. The number of fused-ring (bicyclic) bond motifs is 2. The highest BCUT2D eigenvalue weighted by atomic mass is 16.5. The molecule has 2 aliphatic heterocycles. The normalized spacial score (nSPS) is 29.1. The van der Waals surface area contributed by atoms with Gasteiger partial charge in [-0.3, -0.25) is 9.69 Å². The van der Waals surface area contributed by atoms with Gasteiger partial charge in [-0.15, -0.1) is 0 Å². The Kier molecular flexibility index (Phi) is 5.78. The SMILES string of the molecule is COc1ccc(OC)c(CN2CCC(C(=O)N3CC4(C)CC3CC(C)(C)C4)CC2)c1. The third kappa shape index (κ3) is 4.32. The van der Waals surface area contributed by atoms with Gasteiger partial charge >= 0.3 is 0 Å². The summed E-state index contributed by atoms with van der Waals surface area (Å²) in [6, 6.07) is 6.41. The highest BCUT2D eigenvalue weighted by Gasteiger charge is 2.51. The van der Waals surface area contributed by atoms with Crippen LogP contribution in [0.1, 0.15) is 58.4 Å². The van der Waals surface area contributed by atoms with Crippen LogP contribution in [-0.4, -0.2) is 55.6 Å². The van der Waals surface area contributed by atoms with E-state index in [0.29, 0.717) is 22.8 Å². The van der Waals surface area contributed by atoms with Gasteiger partial charge in [0.1, 0.15) is 11.5 Å². The molecule has 0 radical (unpaired) electrons. The minimum Gasteiger partial charge on any atom is -0.497 e. The standard InChI is InChI=1S/C25H38N2O3/c1-24(2)13-20-14-25(3,16-24)17-27(20)23(28)18-8-10-26(11-9-18)15-19-12-21(29-4)6-7-22(19)30-5/h6-7,12,18,20H,8-11,13-17H2,1-5H3. The number of nitrogens with zero attached hydrogens (tertiary/aromatic N) is 2. The number of piperidine rings is 1. The summed E-state index contributed by atoms with van der Waals surface area (Å²) >= 11 is 0. The van der Waals surface area contributed by atoms with Gasteiger partial charge in [0.05, 0.1) is 14.2 Å². The number of hydrogen-bond donors (Lipinski definition) is 0. The number of carbonyl (C=O) groups is 1. The Morgan fingerprint density at radius 3 is 2.50 bits per heavy atom. The average Bonchev–Trinajstić information content (AvgIpc) is 2.96. The fraction of sp³-hybridized carbons (Fsp3) is 0.720. The van der Waals surface area contributed by atoms with Gasteiger partial charge in [0, 0.05) is 30.6 Å². The molecule has 2 saturated heterocycles. The van der Waals surface area contributed by atoms with Crippen LogP contribution in [0.3, 0.4) is 0 Å². The van der Waals surface area contributed by atoms with E-state index in [9.17, 15) is 4.79 Å². The van der Waals surface area contributed by atoms with Gasteiger partial charge < -0.3 is 14.4 Å². The predicted molar refractivity (Wildman–Crippen MR) is 119 cm³/mol. The Morgan fingerprint density at radius 1 is 1.10 bits per heavy atom. The lowest BCUT2D eigenvalue weighted by Gasteiger charge is -2.40. The molecule has 1 aromatic rings. The molecule has 0 spiro atoms. The zero-order chi connectivity index (χ0) is 21.5. The molecule has 2 unspecified atom stereocenters. The second kappa shape index (κ2) is 8.07. The number of likely N-dealkylation sites (tertiary alicyclic amines) is 2. The highest BCUT2D eigenvalue weighted by molar-refractivity contribution is 5.79. The van der Waals surface area contributed by atoms with Gasteiger partial charge in [-0.25, -0.2) is 0 Å². The number of carbonyl (C=O) groups excluding carboxylic acids is 1. The van der Waals surface area contributed by atoms with Crippen molar-refractivity contribution in [2.45, 2.75) is 65.5 Å². The molecule has 1 aliphatic carbocycles.